The van der Waals surface area contributed by atoms with E-state index in [1.165, 1.54) is 24.3 Å². The largest absolute Gasteiger partial charge is 0.358 e. The molecule has 6 aromatic rings. The number of nitrogens with one attached hydrogen (secondary N) is 2. The lowest BCUT2D eigenvalue weighted by molar-refractivity contribution is -0.384. The molecule has 0 aliphatic rings. The van der Waals surface area contributed by atoms with Crippen molar-refractivity contribution in [2.24, 2.45) is 0 Å². The Morgan fingerprint density at radius 3 is 2.09 bits per heavy atom. The number of H-pyrrole nitrogens is 2. The van der Waals surface area contributed by atoms with E-state index in [9.17, 15) is 20.2 Å². The minimum atomic E-state index is -0.442. The molecule has 0 atom stereocenters. The number of nitro benzene ring substituents is 2. The second kappa shape index (κ2) is 6.60. The van der Waals surface area contributed by atoms with Crippen LogP contribution in [0.15, 0.2) is 60.7 Å². The molecule has 4 aromatic carbocycles. The van der Waals surface area contributed by atoms with Crippen LogP contribution in [-0.2, 0) is 0 Å². The molecule has 160 valence electrons. The molecule has 0 saturated carbocycles. The third-order valence-electron chi connectivity index (χ3n) is 6.08. The van der Waals surface area contributed by atoms with Gasteiger partial charge in [-0.3, -0.25) is 20.2 Å². The predicted molar refractivity (Wildman–Crippen MR) is 126 cm³/mol. The Balaban J connectivity index is 1.78. The Morgan fingerprint density at radius 1 is 0.758 bits per heavy atom. The van der Waals surface area contributed by atoms with Gasteiger partial charge in [0.1, 0.15) is 5.82 Å². The van der Waals surface area contributed by atoms with Gasteiger partial charge in [0.15, 0.2) is 0 Å². The maximum Gasteiger partial charge on any atom is 0.270 e. The van der Waals surface area contributed by atoms with Gasteiger partial charge in [-0.05, 0) is 35.9 Å². The monoisotopic (exact) mass is 437 g/mol. The molecule has 0 unspecified atom stereocenters. The molecule has 0 aliphatic heterocycles. The highest BCUT2D eigenvalue weighted by molar-refractivity contribution is 6.24. The van der Waals surface area contributed by atoms with Crippen LogP contribution in [0.4, 0.5) is 11.4 Å². The zero-order valence-corrected chi connectivity index (χ0v) is 17.2. The standard InChI is InChI=1S/C24H15N5O4/c1-12-21(17-4-2-3-5-20(17)25-12)24-26-22-18-10-13(28(30)31)6-8-15(18)16-9-7-14(29(32)33)11-19(16)23(22)27-24/h2-11,25H,1H3,(H,26,27). The van der Waals surface area contributed by atoms with Gasteiger partial charge in [-0.1, -0.05) is 18.2 Å². The van der Waals surface area contributed by atoms with E-state index in [1.54, 1.807) is 12.1 Å². The number of benzene rings is 4. The van der Waals surface area contributed by atoms with E-state index in [2.05, 4.69) is 9.97 Å². The van der Waals surface area contributed by atoms with Gasteiger partial charge in [-0.15, -0.1) is 0 Å². The maximum atomic E-state index is 11.4. The van der Waals surface area contributed by atoms with E-state index in [1.807, 2.05) is 31.2 Å². The van der Waals surface area contributed by atoms with E-state index in [0.29, 0.717) is 27.6 Å². The van der Waals surface area contributed by atoms with Crippen LogP contribution in [0, 0.1) is 27.2 Å². The molecule has 33 heavy (non-hydrogen) atoms. The number of aryl methyl sites for hydroxylation is 1. The van der Waals surface area contributed by atoms with Crippen LogP contribution >= 0.6 is 0 Å². The molecule has 0 radical (unpaired) electrons. The molecule has 9 heteroatoms. The first kappa shape index (κ1) is 18.9. The summed E-state index contributed by atoms with van der Waals surface area (Å²) in [4.78, 5) is 33.6. The molecule has 0 saturated heterocycles. The first-order chi connectivity index (χ1) is 15.9. The number of imidazole rings is 1. The van der Waals surface area contributed by atoms with Gasteiger partial charge < -0.3 is 9.97 Å². The van der Waals surface area contributed by atoms with Gasteiger partial charge in [0.05, 0.1) is 20.9 Å². The fraction of sp³-hybridized carbons (Fsp3) is 0.0417. The molecular weight excluding hydrogens is 422 g/mol. The van der Waals surface area contributed by atoms with Crippen LogP contribution in [0.1, 0.15) is 5.69 Å². The van der Waals surface area contributed by atoms with Crippen molar-refractivity contribution < 1.29 is 9.85 Å². The zero-order chi connectivity index (χ0) is 22.9. The summed E-state index contributed by atoms with van der Waals surface area (Å²) in [6.07, 6.45) is 0. The normalized spacial score (nSPS) is 11.7. The van der Waals surface area contributed by atoms with Gasteiger partial charge >= 0.3 is 0 Å². The number of para-hydroxylation sites is 1. The van der Waals surface area contributed by atoms with Crippen LogP contribution in [0.3, 0.4) is 0 Å². The van der Waals surface area contributed by atoms with Gasteiger partial charge in [0.25, 0.3) is 11.4 Å². The number of fused-ring (bicyclic) bond motifs is 7. The summed E-state index contributed by atoms with van der Waals surface area (Å²) in [6, 6.07) is 17.1. The molecule has 2 aromatic heterocycles. The van der Waals surface area contributed by atoms with E-state index < -0.39 is 9.85 Å². The van der Waals surface area contributed by atoms with E-state index in [4.69, 9.17) is 4.98 Å². The molecule has 0 aliphatic carbocycles. The molecular formula is C24H15N5O4. The molecule has 0 spiro atoms. The van der Waals surface area contributed by atoms with Crippen molar-refractivity contribution in [2.45, 2.75) is 6.92 Å². The molecule has 0 bridgehead atoms. The summed E-state index contributed by atoms with van der Waals surface area (Å²) >= 11 is 0. The first-order valence-electron chi connectivity index (χ1n) is 10.2. The minimum Gasteiger partial charge on any atom is -0.358 e. The van der Waals surface area contributed by atoms with Crippen LogP contribution in [-0.4, -0.2) is 24.8 Å². The number of nitrogens with zero attached hydrogens (tertiary/aromatic N) is 3. The Bertz CT molecular complexity index is 1710. The molecule has 2 heterocycles. The average Bonchev–Trinajstić information content (AvgIpc) is 3.38. The third kappa shape index (κ3) is 2.69. The van der Waals surface area contributed by atoms with Crippen LogP contribution in [0.25, 0.3) is 54.9 Å². The van der Waals surface area contributed by atoms with Crippen molar-refractivity contribution in [2.75, 3.05) is 0 Å². The number of aromatic nitrogens is 3. The minimum absolute atomic E-state index is 0.0375. The molecule has 6 rings (SSSR count). The van der Waals surface area contributed by atoms with Gasteiger partial charge in [-0.2, -0.15) is 0 Å². The second-order valence-corrected chi connectivity index (χ2v) is 7.95. The van der Waals surface area contributed by atoms with Gasteiger partial charge in [0.2, 0.25) is 0 Å². The van der Waals surface area contributed by atoms with Crippen molar-refractivity contribution in [3.63, 3.8) is 0 Å². The summed E-state index contributed by atoms with van der Waals surface area (Å²) in [6.45, 7) is 1.95. The summed E-state index contributed by atoms with van der Waals surface area (Å²) < 4.78 is 0. The number of aromatic amines is 2. The third-order valence-corrected chi connectivity index (χ3v) is 6.08. The lowest BCUT2D eigenvalue weighted by atomic mass is 9.99. The highest BCUT2D eigenvalue weighted by Gasteiger charge is 2.20. The van der Waals surface area contributed by atoms with Crippen LogP contribution in [0.2, 0.25) is 0 Å². The maximum absolute atomic E-state index is 11.4. The van der Waals surface area contributed by atoms with Crippen molar-refractivity contribution in [1.29, 1.82) is 0 Å². The molecule has 0 amide bonds. The van der Waals surface area contributed by atoms with E-state index in [0.717, 1.165) is 32.9 Å². The first-order valence-corrected chi connectivity index (χ1v) is 10.2. The topological polar surface area (TPSA) is 131 Å². The number of non-ortho nitro benzene ring substituents is 2. The summed E-state index contributed by atoms with van der Waals surface area (Å²) in [5.41, 5.74) is 3.82. The fourth-order valence-corrected chi connectivity index (χ4v) is 4.63. The fourth-order valence-electron chi connectivity index (χ4n) is 4.63. The average molecular weight is 437 g/mol. The Labute approximate surface area is 185 Å². The lowest BCUT2D eigenvalue weighted by Gasteiger charge is -2.06. The van der Waals surface area contributed by atoms with Crippen molar-refractivity contribution >= 4 is 54.9 Å². The highest BCUT2D eigenvalue weighted by Crippen LogP contribution is 2.39. The SMILES string of the molecule is Cc1[nH]c2ccccc2c1-c1nc2c3cc([N+](=O)[O-])ccc3c3ccc([N+](=O)[O-])cc3c2[nH]1. The number of nitro groups is 2. The quantitative estimate of drug-likeness (QED) is 0.195. The molecule has 9 nitrogen and oxygen atoms in total. The summed E-state index contributed by atoms with van der Waals surface area (Å²) in [7, 11) is 0. The number of hydrogen-bond acceptors (Lipinski definition) is 5. The molecule has 2 N–H and O–H groups in total. The Morgan fingerprint density at radius 2 is 1.39 bits per heavy atom. The van der Waals surface area contributed by atoms with E-state index >= 15 is 0 Å². The smallest absolute Gasteiger partial charge is 0.270 e. The van der Waals surface area contributed by atoms with Crippen molar-refractivity contribution in [3.8, 4) is 11.4 Å². The molecule has 0 fully saturated rings. The van der Waals surface area contributed by atoms with Crippen LogP contribution < -0.4 is 0 Å². The van der Waals surface area contributed by atoms with Crippen LogP contribution in [0.5, 0.6) is 0 Å². The van der Waals surface area contributed by atoms with Gasteiger partial charge in [-0.25, -0.2) is 4.98 Å². The second-order valence-electron chi connectivity index (χ2n) is 7.95. The van der Waals surface area contributed by atoms with E-state index in [-0.39, 0.29) is 11.4 Å². The number of rotatable bonds is 3. The predicted octanol–water partition coefficient (Wildman–Crippen LogP) is 6.14. The summed E-state index contributed by atoms with van der Waals surface area (Å²) in [5.74, 6) is 0.590. The number of hydrogen-bond donors (Lipinski definition) is 2. The van der Waals surface area contributed by atoms with Gasteiger partial charge in [0, 0.05) is 57.2 Å². The summed E-state index contributed by atoms with van der Waals surface area (Å²) in [5, 5.41) is 26.6. The van der Waals surface area contributed by atoms with Crippen molar-refractivity contribution in [3.05, 3.63) is 86.6 Å². The van der Waals surface area contributed by atoms with Crippen molar-refractivity contribution in [1.82, 2.24) is 15.0 Å². The lowest BCUT2D eigenvalue weighted by Crippen LogP contribution is -1.91. The Kier molecular flexibility index (Phi) is 3.79. The highest BCUT2D eigenvalue weighted by atomic mass is 16.6. The Hall–Kier alpha value is -4.79. The zero-order valence-electron chi connectivity index (χ0n) is 17.2.